The van der Waals surface area contributed by atoms with Crippen LogP contribution in [-0.2, 0) is 11.2 Å². The van der Waals surface area contributed by atoms with Crippen molar-refractivity contribution in [3.63, 3.8) is 0 Å². The van der Waals surface area contributed by atoms with Crippen LogP contribution in [0.1, 0.15) is 4.88 Å². The number of pyridine rings is 1. The predicted molar refractivity (Wildman–Crippen MR) is 106 cm³/mol. The van der Waals surface area contributed by atoms with Crippen LogP contribution in [0.25, 0.3) is 0 Å². The maximum atomic E-state index is 12.4. The second kappa shape index (κ2) is 8.13. The van der Waals surface area contributed by atoms with Crippen molar-refractivity contribution in [1.29, 1.82) is 0 Å². The Morgan fingerprint density at radius 2 is 1.96 bits per heavy atom. The molecule has 1 aliphatic rings. The van der Waals surface area contributed by atoms with Gasteiger partial charge in [-0.3, -0.25) is 9.78 Å². The van der Waals surface area contributed by atoms with Gasteiger partial charge in [-0.1, -0.05) is 6.07 Å². The van der Waals surface area contributed by atoms with Crippen LogP contribution in [0.5, 0.6) is 0 Å². The highest BCUT2D eigenvalue weighted by Crippen LogP contribution is 2.18. The van der Waals surface area contributed by atoms with Crippen LogP contribution in [-0.4, -0.2) is 52.2 Å². The van der Waals surface area contributed by atoms with E-state index in [1.807, 2.05) is 46.7 Å². The minimum atomic E-state index is 0.194. The average Bonchev–Trinajstić information content (AvgIpc) is 3.22. The van der Waals surface area contributed by atoms with Crippen molar-refractivity contribution < 1.29 is 4.79 Å². The molecule has 0 unspecified atom stereocenters. The number of nitrogens with one attached hydrogen (secondary N) is 1. The van der Waals surface area contributed by atoms with Gasteiger partial charge in [-0.25, -0.2) is 0 Å². The Bertz CT molecular complexity index is 861. The lowest BCUT2D eigenvalue weighted by Gasteiger charge is -2.35. The topological polar surface area (TPSA) is 74.2 Å². The van der Waals surface area contributed by atoms with Crippen LogP contribution >= 0.6 is 11.3 Å². The van der Waals surface area contributed by atoms with E-state index in [-0.39, 0.29) is 5.91 Å². The van der Waals surface area contributed by atoms with E-state index >= 15 is 0 Å². The molecule has 0 bridgehead atoms. The summed E-state index contributed by atoms with van der Waals surface area (Å²) in [6, 6.07) is 11.6. The minimum Gasteiger partial charge on any atom is -0.352 e. The number of aromatic nitrogens is 3. The monoisotopic (exact) mass is 380 g/mol. The molecular weight excluding hydrogens is 360 g/mol. The smallest absolute Gasteiger partial charge is 0.227 e. The highest BCUT2D eigenvalue weighted by atomic mass is 32.1. The standard InChI is InChI=1S/C19H20N6OS/c26-19(13-16-4-2-12-27-16)25-10-8-24(9-11-25)18-6-5-17(22-23-18)21-15-3-1-7-20-14-15/h1-7,12,14H,8-11,13H2,(H,21,22). The summed E-state index contributed by atoms with van der Waals surface area (Å²) in [5.41, 5.74) is 0.873. The van der Waals surface area contributed by atoms with Crippen LogP contribution in [0, 0.1) is 0 Å². The number of rotatable bonds is 5. The van der Waals surface area contributed by atoms with Crippen molar-refractivity contribution in [2.24, 2.45) is 0 Å². The number of amides is 1. The summed E-state index contributed by atoms with van der Waals surface area (Å²) >= 11 is 1.63. The summed E-state index contributed by atoms with van der Waals surface area (Å²) in [6.07, 6.45) is 3.96. The first-order valence-corrected chi connectivity index (χ1v) is 9.72. The number of carbonyl (C=O) groups is 1. The normalized spacial score (nSPS) is 14.2. The lowest BCUT2D eigenvalue weighted by molar-refractivity contribution is -0.130. The second-order valence-electron chi connectivity index (χ2n) is 6.27. The fourth-order valence-corrected chi connectivity index (χ4v) is 3.70. The van der Waals surface area contributed by atoms with E-state index in [1.54, 1.807) is 23.7 Å². The third-order valence-corrected chi connectivity index (χ3v) is 5.32. The number of nitrogens with zero attached hydrogens (tertiary/aromatic N) is 5. The molecule has 1 amide bonds. The quantitative estimate of drug-likeness (QED) is 0.733. The van der Waals surface area contributed by atoms with E-state index in [0.29, 0.717) is 25.3 Å². The van der Waals surface area contributed by atoms with Gasteiger partial charge >= 0.3 is 0 Å². The molecule has 0 radical (unpaired) electrons. The van der Waals surface area contributed by atoms with Gasteiger partial charge in [0.05, 0.1) is 18.3 Å². The predicted octanol–water partition coefficient (Wildman–Crippen LogP) is 2.57. The molecule has 7 nitrogen and oxygen atoms in total. The Morgan fingerprint density at radius 1 is 1.07 bits per heavy atom. The summed E-state index contributed by atoms with van der Waals surface area (Å²) in [7, 11) is 0. The Morgan fingerprint density at radius 3 is 2.63 bits per heavy atom. The highest BCUT2D eigenvalue weighted by molar-refractivity contribution is 7.10. The SMILES string of the molecule is O=C(Cc1cccs1)N1CCN(c2ccc(Nc3cccnc3)nn2)CC1. The average molecular weight is 380 g/mol. The largest absolute Gasteiger partial charge is 0.352 e. The van der Waals surface area contributed by atoms with E-state index in [1.165, 1.54) is 0 Å². The maximum Gasteiger partial charge on any atom is 0.227 e. The third kappa shape index (κ3) is 4.40. The number of carbonyl (C=O) groups excluding carboxylic acids is 1. The Balaban J connectivity index is 1.31. The first kappa shape index (κ1) is 17.4. The molecule has 138 valence electrons. The zero-order valence-corrected chi connectivity index (χ0v) is 15.6. The van der Waals surface area contributed by atoms with E-state index in [4.69, 9.17) is 0 Å². The molecule has 1 N–H and O–H groups in total. The first-order chi connectivity index (χ1) is 13.3. The molecule has 0 saturated carbocycles. The van der Waals surface area contributed by atoms with Crippen LogP contribution < -0.4 is 10.2 Å². The lowest BCUT2D eigenvalue weighted by atomic mass is 10.2. The first-order valence-electron chi connectivity index (χ1n) is 8.84. The number of hydrogen-bond acceptors (Lipinski definition) is 7. The molecule has 3 aromatic rings. The van der Waals surface area contributed by atoms with Crippen LogP contribution in [0.2, 0.25) is 0 Å². The summed E-state index contributed by atoms with van der Waals surface area (Å²) in [4.78, 5) is 21.7. The van der Waals surface area contributed by atoms with E-state index < -0.39 is 0 Å². The highest BCUT2D eigenvalue weighted by Gasteiger charge is 2.22. The zero-order valence-electron chi connectivity index (χ0n) is 14.8. The van der Waals surface area contributed by atoms with Gasteiger partial charge in [0.25, 0.3) is 0 Å². The molecule has 0 atom stereocenters. The van der Waals surface area contributed by atoms with Crippen molar-refractivity contribution in [2.75, 3.05) is 36.4 Å². The Kier molecular flexibility index (Phi) is 5.24. The van der Waals surface area contributed by atoms with Crippen LogP contribution in [0.15, 0.2) is 54.2 Å². The maximum absolute atomic E-state index is 12.4. The van der Waals surface area contributed by atoms with Gasteiger partial charge in [0.15, 0.2) is 11.6 Å². The minimum absolute atomic E-state index is 0.194. The zero-order chi connectivity index (χ0) is 18.5. The molecule has 27 heavy (non-hydrogen) atoms. The van der Waals surface area contributed by atoms with Crippen LogP contribution in [0.3, 0.4) is 0 Å². The lowest BCUT2D eigenvalue weighted by Crippen LogP contribution is -2.49. The Hall–Kier alpha value is -3.00. The van der Waals surface area contributed by atoms with Crippen molar-refractivity contribution >= 4 is 34.6 Å². The molecule has 1 aliphatic heterocycles. The van der Waals surface area contributed by atoms with Crippen molar-refractivity contribution in [2.45, 2.75) is 6.42 Å². The molecule has 0 aromatic carbocycles. The van der Waals surface area contributed by atoms with Crippen LogP contribution in [0.4, 0.5) is 17.3 Å². The fraction of sp³-hybridized carbons (Fsp3) is 0.263. The molecule has 0 spiro atoms. The molecule has 0 aliphatic carbocycles. The van der Waals surface area contributed by atoms with E-state index in [2.05, 4.69) is 25.4 Å². The van der Waals surface area contributed by atoms with Crippen molar-refractivity contribution in [1.82, 2.24) is 20.1 Å². The summed E-state index contributed by atoms with van der Waals surface area (Å²) < 4.78 is 0. The van der Waals surface area contributed by atoms with Gasteiger partial charge in [0.2, 0.25) is 5.91 Å². The molecule has 3 aromatic heterocycles. The van der Waals surface area contributed by atoms with E-state index in [0.717, 1.165) is 29.5 Å². The second-order valence-corrected chi connectivity index (χ2v) is 7.30. The van der Waals surface area contributed by atoms with Gasteiger partial charge in [0.1, 0.15) is 0 Å². The molecule has 4 heterocycles. The number of hydrogen-bond donors (Lipinski definition) is 1. The van der Waals surface area contributed by atoms with Gasteiger partial charge < -0.3 is 15.1 Å². The summed E-state index contributed by atoms with van der Waals surface area (Å²) in [5.74, 6) is 1.70. The van der Waals surface area contributed by atoms with Gasteiger partial charge in [0, 0.05) is 37.3 Å². The summed E-state index contributed by atoms with van der Waals surface area (Å²) in [6.45, 7) is 2.95. The van der Waals surface area contributed by atoms with Crippen molar-refractivity contribution in [3.8, 4) is 0 Å². The van der Waals surface area contributed by atoms with Gasteiger partial charge in [-0.15, -0.1) is 21.5 Å². The molecule has 1 fully saturated rings. The number of anilines is 3. The fourth-order valence-electron chi connectivity index (χ4n) is 3.00. The molecule has 8 heteroatoms. The number of thiophene rings is 1. The van der Waals surface area contributed by atoms with Gasteiger partial charge in [-0.05, 0) is 35.7 Å². The van der Waals surface area contributed by atoms with Crippen molar-refractivity contribution in [3.05, 3.63) is 59.0 Å². The molecule has 4 rings (SSSR count). The summed E-state index contributed by atoms with van der Waals surface area (Å²) in [5, 5.41) is 13.7. The number of piperazine rings is 1. The van der Waals surface area contributed by atoms with Gasteiger partial charge in [-0.2, -0.15) is 0 Å². The molecule has 1 saturated heterocycles. The van der Waals surface area contributed by atoms with E-state index in [9.17, 15) is 4.79 Å². The Labute approximate surface area is 161 Å². The molecular formula is C19H20N6OS. The third-order valence-electron chi connectivity index (χ3n) is 4.45.